The lowest BCUT2D eigenvalue weighted by atomic mass is 9.95. The molecule has 33 nitrogen and oxygen atoms in total. The van der Waals surface area contributed by atoms with Gasteiger partial charge in [0, 0.05) is 0 Å². The fraction of sp³-hybridized carbons (Fsp3) is 1.00. The Balaban J connectivity index is 0.904. The minimum atomic E-state index is -2.15. The minimum Gasteiger partial charge on any atom is -0.394 e. The van der Waals surface area contributed by atoms with Crippen molar-refractivity contribution in [1.29, 1.82) is 0 Å². The molecule has 33 atom stereocenters. The van der Waals surface area contributed by atoms with Gasteiger partial charge >= 0.3 is 0 Å². The molecule has 0 aromatic heterocycles. The molecule has 7 fully saturated rings. The van der Waals surface area contributed by atoms with E-state index >= 15 is 0 Å². The largest absolute Gasteiger partial charge is 0.394 e. The highest BCUT2D eigenvalue weighted by Crippen LogP contribution is 2.36. The Morgan fingerprint density at radius 1 is 0.301 bits per heavy atom. The van der Waals surface area contributed by atoms with Crippen molar-refractivity contribution >= 4 is 0 Å². The van der Waals surface area contributed by atoms with Crippen LogP contribution < -0.4 is 0 Å². The third-order valence-corrected chi connectivity index (χ3v) is 13.8. The van der Waals surface area contributed by atoms with E-state index in [-0.39, 0.29) is 0 Å². The smallest absolute Gasteiger partial charge is 0.187 e. The predicted molar refractivity (Wildman–Crippen MR) is 218 cm³/mol. The van der Waals surface area contributed by atoms with Gasteiger partial charge in [0.05, 0.1) is 45.7 Å². The summed E-state index contributed by atoms with van der Waals surface area (Å²) >= 11 is 0. The van der Waals surface area contributed by atoms with E-state index in [9.17, 15) is 102 Å². The second-order valence-corrected chi connectivity index (χ2v) is 18.6. The molecule has 73 heavy (non-hydrogen) atoms. The van der Waals surface area contributed by atoms with Gasteiger partial charge in [-0.25, -0.2) is 0 Å². The van der Waals surface area contributed by atoms with Gasteiger partial charge in [-0.15, -0.1) is 0 Å². The first kappa shape index (κ1) is 59.3. The van der Waals surface area contributed by atoms with Crippen molar-refractivity contribution in [3.8, 4) is 0 Å². The Kier molecular flexibility index (Phi) is 20.5. The van der Waals surface area contributed by atoms with Crippen molar-refractivity contribution in [3.05, 3.63) is 0 Å². The molecule has 7 saturated heterocycles. The van der Waals surface area contributed by atoms with Gasteiger partial charge in [0.2, 0.25) is 0 Å². The summed E-state index contributed by atoms with van der Waals surface area (Å²) in [7, 11) is 0. The molecule has 0 aromatic carbocycles. The topological polar surface area (TPSA) is 525 Å². The summed E-state index contributed by atoms with van der Waals surface area (Å²) in [5, 5.41) is 211. The first-order valence-electron chi connectivity index (χ1n) is 23.3. The van der Waals surface area contributed by atoms with Crippen LogP contribution in [0.5, 0.6) is 0 Å². The standard InChI is InChI=1S/C40H68O33/c1-8-30(19(49)23(53)34(60)63-8)70-36-25(55)16(46)13(6-62-36)68-35-24(54)17(47)14(7-61-35)69-37-27(57)20(50)31(10(3-42)65-37)72-39-29(59)22(52)33(12(5-44)67-39)73-40-28(58)21(51)32(11(4-43)66-40)71-38-26(56)18(48)15(45)9(2-41)64-38/h8-60H,2-7H2,1H3. The average Bonchev–Trinajstić information content (AvgIpc) is 3.37. The lowest BCUT2D eigenvalue weighted by Gasteiger charge is -2.49. The molecule has 426 valence electrons. The normalized spacial score (nSPS) is 54.3. The highest BCUT2D eigenvalue weighted by atomic mass is 16.8. The van der Waals surface area contributed by atoms with E-state index in [1.807, 2.05) is 0 Å². The van der Waals surface area contributed by atoms with Gasteiger partial charge in [-0.05, 0) is 6.92 Å². The van der Waals surface area contributed by atoms with Crippen LogP contribution in [-0.2, 0) is 61.6 Å². The lowest BCUT2D eigenvalue weighted by molar-refractivity contribution is -0.392. The number of hydrogen-bond donors (Lipinski definition) is 20. The van der Waals surface area contributed by atoms with Crippen LogP contribution >= 0.6 is 0 Å². The molecule has 7 heterocycles. The number of ether oxygens (including phenoxy) is 13. The summed E-state index contributed by atoms with van der Waals surface area (Å²) in [4.78, 5) is 0. The van der Waals surface area contributed by atoms with Gasteiger partial charge in [-0.1, -0.05) is 0 Å². The zero-order chi connectivity index (χ0) is 53.5. The molecule has 0 radical (unpaired) electrons. The monoisotopic (exact) mass is 1080 g/mol. The lowest BCUT2D eigenvalue weighted by Crippen LogP contribution is -2.67. The number of rotatable bonds is 16. The first-order valence-corrected chi connectivity index (χ1v) is 23.3. The average molecular weight is 1080 g/mol. The van der Waals surface area contributed by atoms with E-state index in [0.29, 0.717) is 0 Å². The Labute approximate surface area is 412 Å². The van der Waals surface area contributed by atoms with Gasteiger partial charge in [-0.2, -0.15) is 0 Å². The zero-order valence-corrected chi connectivity index (χ0v) is 38.5. The van der Waals surface area contributed by atoms with E-state index in [2.05, 4.69) is 0 Å². The molecule has 0 aromatic rings. The summed E-state index contributed by atoms with van der Waals surface area (Å²) in [5.41, 5.74) is 0. The molecule has 33 heteroatoms. The SMILES string of the molecule is CC1OC(O)C(O)C(O)C1OC1OCC(OC2OCC(OC3OC(CO)C(OC4OC(CO)C(OC5OC(CO)C(OC6OC(CO)C(O)C(O)C6O)C(O)C5O)C(O)C4O)C(O)C3O)C(O)C2O)C(O)C1O. The van der Waals surface area contributed by atoms with Crippen molar-refractivity contribution in [2.24, 2.45) is 0 Å². The van der Waals surface area contributed by atoms with Crippen molar-refractivity contribution in [2.45, 2.75) is 210 Å². The minimum absolute atomic E-state index is 0.508. The van der Waals surface area contributed by atoms with Gasteiger partial charge in [0.15, 0.2) is 44.0 Å². The summed E-state index contributed by atoms with van der Waals surface area (Å²) in [6.07, 6.45) is -58.8. The molecule has 20 N–H and O–H groups in total. The van der Waals surface area contributed by atoms with Crippen LogP contribution in [0.2, 0.25) is 0 Å². The fourth-order valence-corrected chi connectivity index (χ4v) is 9.37. The highest BCUT2D eigenvalue weighted by Gasteiger charge is 2.57. The molecule has 0 spiro atoms. The van der Waals surface area contributed by atoms with Crippen LogP contribution in [0.3, 0.4) is 0 Å². The van der Waals surface area contributed by atoms with Crippen LogP contribution in [0.25, 0.3) is 0 Å². The van der Waals surface area contributed by atoms with E-state index in [1.165, 1.54) is 6.92 Å². The molecular weight excluding hydrogens is 1010 g/mol. The maximum Gasteiger partial charge on any atom is 0.187 e. The summed E-state index contributed by atoms with van der Waals surface area (Å²) in [6.45, 7) is -3.48. The molecular formula is C40H68O33. The van der Waals surface area contributed by atoms with Gasteiger partial charge in [0.25, 0.3) is 0 Å². The van der Waals surface area contributed by atoms with Crippen molar-refractivity contribution < 1.29 is 164 Å². The molecule has 0 saturated carbocycles. The number of aliphatic hydroxyl groups is 20. The number of hydrogen-bond acceptors (Lipinski definition) is 33. The van der Waals surface area contributed by atoms with E-state index in [0.717, 1.165) is 0 Å². The second-order valence-electron chi connectivity index (χ2n) is 18.6. The summed E-state index contributed by atoms with van der Waals surface area (Å²) in [6, 6.07) is 0. The van der Waals surface area contributed by atoms with E-state index < -0.39 is 242 Å². The van der Waals surface area contributed by atoms with Crippen LogP contribution in [0.4, 0.5) is 0 Å². The van der Waals surface area contributed by atoms with Crippen molar-refractivity contribution in [2.75, 3.05) is 39.6 Å². The molecule has 7 aliphatic heterocycles. The summed E-state index contributed by atoms with van der Waals surface area (Å²) < 4.78 is 71.8. The van der Waals surface area contributed by atoms with Crippen LogP contribution in [0.15, 0.2) is 0 Å². The van der Waals surface area contributed by atoms with Crippen LogP contribution in [0, 0.1) is 0 Å². The molecule has 7 rings (SSSR count). The molecule has 0 bridgehead atoms. The molecule has 7 aliphatic rings. The van der Waals surface area contributed by atoms with Crippen LogP contribution in [0.1, 0.15) is 6.92 Å². The third-order valence-electron chi connectivity index (χ3n) is 13.8. The molecule has 33 unspecified atom stereocenters. The Hall–Kier alpha value is -1.32. The Bertz CT molecular complexity index is 1690. The Morgan fingerprint density at radius 2 is 0.603 bits per heavy atom. The van der Waals surface area contributed by atoms with E-state index in [4.69, 9.17) is 61.6 Å². The highest BCUT2D eigenvalue weighted by molar-refractivity contribution is 4.99. The van der Waals surface area contributed by atoms with Gasteiger partial charge < -0.3 is 164 Å². The second kappa shape index (κ2) is 25.2. The van der Waals surface area contributed by atoms with Crippen LogP contribution in [-0.4, -0.2) is 345 Å². The maximum atomic E-state index is 11.2. The molecule has 0 amide bonds. The maximum absolute atomic E-state index is 11.2. The summed E-state index contributed by atoms with van der Waals surface area (Å²) in [5.74, 6) is 0. The Morgan fingerprint density at radius 3 is 1.00 bits per heavy atom. The first-order chi connectivity index (χ1) is 34.6. The van der Waals surface area contributed by atoms with Gasteiger partial charge in [0.1, 0.15) is 153 Å². The number of aliphatic hydroxyl groups excluding tert-OH is 20. The van der Waals surface area contributed by atoms with Gasteiger partial charge in [-0.3, -0.25) is 0 Å². The third kappa shape index (κ3) is 12.3. The fourth-order valence-electron chi connectivity index (χ4n) is 9.37. The van der Waals surface area contributed by atoms with Crippen molar-refractivity contribution in [3.63, 3.8) is 0 Å². The zero-order valence-electron chi connectivity index (χ0n) is 38.5. The predicted octanol–water partition coefficient (Wildman–Crippen LogP) is -14.0. The molecule has 0 aliphatic carbocycles. The quantitative estimate of drug-likeness (QED) is 0.0682. The van der Waals surface area contributed by atoms with E-state index in [1.54, 1.807) is 0 Å². The van der Waals surface area contributed by atoms with Crippen molar-refractivity contribution in [1.82, 2.24) is 0 Å².